The van der Waals surface area contributed by atoms with Crippen LogP contribution < -0.4 is 10.6 Å². The van der Waals surface area contributed by atoms with E-state index in [1.807, 2.05) is 37.3 Å². The summed E-state index contributed by atoms with van der Waals surface area (Å²) in [5, 5.41) is 5.40. The summed E-state index contributed by atoms with van der Waals surface area (Å²) in [4.78, 5) is 29.3. The van der Waals surface area contributed by atoms with E-state index in [1.54, 1.807) is 0 Å². The number of aromatic nitrogens is 1. The zero-order chi connectivity index (χ0) is 20.0. The van der Waals surface area contributed by atoms with Crippen LogP contribution in [0.2, 0.25) is 0 Å². The van der Waals surface area contributed by atoms with Gasteiger partial charge in [-0.2, -0.15) is 13.2 Å². The lowest BCUT2D eigenvalue weighted by atomic mass is 10.2. The number of thiazole rings is 1. The molecule has 1 heterocycles. The van der Waals surface area contributed by atoms with Gasteiger partial charge in [0.2, 0.25) is 5.91 Å². The Kier molecular flexibility index (Phi) is 6.78. The third kappa shape index (κ3) is 6.55. The van der Waals surface area contributed by atoms with Crippen molar-refractivity contribution in [2.45, 2.75) is 19.5 Å². The quantitative estimate of drug-likeness (QED) is 0.777. The van der Waals surface area contributed by atoms with Gasteiger partial charge in [0.1, 0.15) is 6.54 Å². The number of amides is 3. The van der Waals surface area contributed by atoms with Crippen LogP contribution in [0.15, 0.2) is 30.3 Å². The Hall–Kier alpha value is -2.62. The van der Waals surface area contributed by atoms with Crippen molar-refractivity contribution >= 4 is 28.4 Å². The molecule has 2 N–H and O–H groups in total. The highest BCUT2D eigenvalue weighted by Crippen LogP contribution is 2.32. The van der Waals surface area contributed by atoms with E-state index < -0.39 is 24.7 Å². The molecule has 1 aromatic heterocycles. The molecule has 146 valence electrons. The average Bonchev–Trinajstić information content (AvgIpc) is 2.94. The maximum absolute atomic E-state index is 12.2. The molecule has 0 unspecified atom stereocenters. The molecular weight excluding hydrogens is 381 g/mol. The molecule has 0 aliphatic heterocycles. The molecule has 2 aromatic rings. The van der Waals surface area contributed by atoms with E-state index in [0.717, 1.165) is 23.2 Å². The number of carbonyl (C=O) groups excluding carboxylic acids is 2. The van der Waals surface area contributed by atoms with Crippen molar-refractivity contribution < 1.29 is 22.8 Å². The van der Waals surface area contributed by atoms with E-state index in [0.29, 0.717) is 10.0 Å². The summed E-state index contributed by atoms with van der Waals surface area (Å²) in [6.07, 6.45) is -4.68. The number of anilines is 1. The third-order valence-electron chi connectivity index (χ3n) is 3.52. The maximum Gasteiger partial charge on any atom is 0.406 e. The fourth-order valence-electron chi connectivity index (χ4n) is 2.28. The van der Waals surface area contributed by atoms with Gasteiger partial charge < -0.3 is 10.2 Å². The summed E-state index contributed by atoms with van der Waals surface area (Å²) in [5.41, 5.74) is 1.75. The fraction of sp³-hybridized carbons (Fsp3) is 0.353. The van der Waals surface area contributed by atoms with E-state index in [1.165, 1.54) is 11.3 Å². The monoisotopic (exact) mass is 400 g/mol. The first-order valence-electron chi connectivity index (χ1n) is 8.04. The van der Waals surface area contributed by atoms with Crippen LogP contribution in [0.3, 0.4) is 0 Å². The second-order valence-electron chi connectivity index (χ2n) is 5.80. The molecule has 0 radical (unpaired) electrons. The number of urea groups is 1. The molecule has 0 aliphatic rings. The number of alkyl halides is 3. The number of carbonyl (C=O) groups is 2. The van der Waals surface area contributed by atoms with Crippen molar-refractivity contribution in [2.24, 2.45) is 0 Å². The molecule has 0 fully saturated rings. The lowest BCUT2D eigenvalue weighted by Crippen LogP contribution is -2.38. The van der Waals surface area contributed by atoms with Crippen LogP contribution in [0.5, 0.6) is 0 Å². The van der Waals surface area contributed by atoms with Crippen LogP contribution >= 0.6 is 11.3 Å². The van der Waals surface area contributed by atoms with Gasteiger partial charge in [-0.05, 0) is 12.5 Å². The summed E-state index contributed by atoms with van der Waals surface area (Å²) in [7, 11) is 1.07. The van der Waals surface area contributed by atoms with Gasteiger partial charge in [0.15, 0.2) is 5.13 Å². The first-order chi connectivity index (χ1) is 12.7. The van der Waals surface area contributed by atoms with E-state index in [2.05, 4.69) is 15.6 Å². The molecule has 0 spiro atoms. The number of benzene rings is 1. The zero-order valence-electron chi connectivity index (χ0n) is 14.8. The highest BCUT2D eigenvalue weighted by atomic mass is 32.1. The summed E-state index contributed by atoms with van der Waals surface area (Å²) < 4.78 is 36.7. The molecule has 1 aromatic carbocycles. The van der Waals surface area contributed by atoms with Crippen LogP contribution in [-0.2, 0) is 4.79 Å². The summed E-state index contributed by atoms with van der Waals surface area (Å²) >= 11 is 1.31. The molecule has 0 aliphatic carbocycles. The van der Waals surface area contributed by atoms with Gasteiger partial charge in [-0.15, -0.1) is 0 Å². The standard InChI is InChI=1S/C17H19F3N4O2S/c1-11-14(12-6-4-3-5-7-12)27-16(22-11)23-15(26)21-9-8-13(25)24(2)10-17(18,19)20/h3-7H,8-10H2,1-2H3,(H2,21,22,23,26). The lowest BCUT2D eigenvalue weighted by molar-refractivity contribution is -0.158. The van der Waals surface area contributed by atoms with Crippen LogP contribution in [-0.4, -0.2) is 48.1 Å². The van der Waals surface area contributed by atoms with Crippen LogP contribution in [0.4, 0.5) is 23.1 Å². The summed E-state index contributed by atoms with van der Waals surface area (Å²) in [5.74, 6) is -0.705. The predicted molar refractivity (Wildman–Crippen MR) is 97.6 cm³/mol. The number of rotatable bonds is 6. The van der Waals surface area contributed by atoms with E-state index in [4.69, 9.17) is 0 Å². The minimum absolute atomic E-state index is 0.0806. The number of halogens is 3. The van der Waals surface area contributed by atoms with Crippen molar-refractivity contribution in [1.82, 2.24) is 15.2 Å². The van der Waals surface area contributed by atoms with Gasteiger partial charge in [0.05, 0.1) is 10.6 Å². The second kappa shape index (κ2) is 8.85. The molecule has 6 nitrogen and oxygen atoms in total. The predicted octanol–water partition coefficient (Wildman–Crippen LogP) is 3.65. The van der Waals surface area contributed by atoms with Gasteiger partial charge in [0, 0.05) is 20.0 Å². The highest BCUT2D eigenvalue weighted by Gasteiger charge is 2.30. The Morgan fingerprint density at radius 1 is 1.22 bits per heavy atom. The van der Waals surface area contributed by atoms with Crippen LogP contribution in [0.1, 0.15) is 12.1 Å². The molecule has 2 rings (SSSR count). The number of hydrogen-bond donors (Lipinski definition) is 2. The van der Waals surface area contributed by atoms with E-state index in [9.17, 15) is 22.8 Å². The molecule has 27 heavy (non-hydrogen) atoms. The van der Waals surface area contributed by atoms with Crippen molar-refractivity contribution in [3.63, 3.8) is 0 Å². The zero-order valence-corrected chi connectivity index (χ0v) is 15.6. The Bertz CT molecular complexity index is 793. The van der Waals surface area contributed by atoms with Gasteiger partial charge in [-0.1, -0.05) is 41.7 Å². The van der Waals surface area contributed by atoms with Gasteiger partial charge in [-0.3, -0.25) is 10.1 Å². The first-order valence-corrected chi connectivity index (χ1v) is 8.86. The van der Waals surface area contributed by atoms with Crippen molar-refractivity contribution in [2.75, 3.05) is 25.5 Å². The summed E-state index contributed by atoms with van der Waals surface area (Å²) in [6.45, 7) is 0.429. The smallest absolute Gasteiger partial charge is 0.337 e. The topological polar surface area (TPSA) is 74.3 Å². The lowest BCUT2D eigenvalue weighted by Gasteiger charge is -2.18. The van der Waals surface area contributed by atoms with Crippen LogP contribution in [0, 0.1) is 6.92 Å². The van der Waals surface area contributed by atoms with Gasteiger partial charge in [0.25, 0.3) is 0 Å². The Morgan fingerprint density at radius 2 is 1.89 bits per heavy atom. The number of hydrogen-bond acceptors (Lipinski definition) is 4. The Balaban J connectivity index is 1.82. The molecule has 10 heteroatoms. The van der Waals surface area contributed by atoms with Crippen molar-refractivity contribution in [3.8, 4) is 10.4 Å². The van der Waals surface area contributed by atoms with Crippen molar-refractivity contribution in [1.29, 1.82) is 0 Å². The minimum atomic E-state index is -4.45. The normalized spacial score (nSPS) is 11.1. The molecular formula is C17H19F3N4O2S. The van der Waals surface area contributed by atoms with E-state index in [-0.39, 0.29) is 13.0 Å². The SMILES string of the molecule is Cc1nc(NC(=O)NCCC(=O)N(C)CC(F)(F)F)sc1-c1ccccc1. The largest absolute Gasteiger partial charge is 0.406 e. The van der Waals surface area contributed by atoms with Crippen molar-refractivity contribution in [3.05, 3.63) is 36.0 Å². The van der Waals surface area contributed by atoms with Gasteiger partial charge >= 0.3 is 12.2 Å². The average molecular weight is 400 g/mol. The highest BCUT2D eigenvalue weighted by molar-refractivity contribution is 7.19. The second-order valence-corrected chi connectivity index (χ2v) is 6.79. The Morgan fingerprint density at radius 3 is 2.52 bits per heavy atom. The molecule has 0 atom stereocenters. The van der Waals surface area contributed by atoms with E-state index >= 15 is 0 Å². The first kappa shape index (κ1) is 20.7. The Labute approximate surface area is 158 Å². The number of nitrogens with zero attached hydrogens (tertiary/aromatic N) is 2. The fourth-order valence-corrected chi connectivity index (χ4v) is 3.25. The van der Waals surface area contributed by atoms with Crippen LogP contribution in [0.25, 0.3) is 10.4 Å². The minimum Gasteiger partial charge on any atom is -0.337 e. The molecule has 0 bridgehead atoms. The summed E-state index contributed by atoms with van der Waals surface area (Å²) in [6, 6.07) is 9.01. The number of nitrogens with one attached hydrogen (secondary N) is 2. The van der Waals surface area contributed by atoms with Gasteiger partial charge in [-0.25, -0.2) is 9.78 Å². The molecule has 0 saturated heterocycles. The third-order valence-corrected chi connectivity index (χ3v) is 4.64. The number of aryl methyl sites for hydroxylation is 1. The molecule has 0 saturated carbocycles. The molecule has 3 amide bonds. The maximum atomic E-state index is 12.2.